The molecular weight excluding hydrogens is 474 g/mol. The fourth-order valence-corrected chi connectivity index (χ4v) is 4.91. The first kappa shape index (κ1) is 26.7. The van der Waals surface area contributed by atoms with Crippen LogP contribution in [0.5, 0.6) is 5.75 Å². The zero-order chi connectivity index (χ0) is 26.4. The summed E-state index contributed by atoms with van der Waals surface area (Å²) in [6.45, 7) is 5.57. The van der Waals surface area contributed by atoms with E-state index in [9.17, 15) is 9.59 Å². The molecule has 1 aliphatic rings. The monoisotopic (exact) mass is 509 g/mol. The van der Waals surface area contributed by atoms with Crippen LogP contribution in [0, 0.1) is 6.92 Å². The molecule has 3 atom stereocenters. The molecule has 8 heteroatoms. The van der Waals surface area contributed by atoms with Gasteiger partial charge in [-0.15, -0.1) is 0 Å². The van der Waals surface area contributed by atoms with Crippen molar-refractivity contribution in [1.82, 2.24) is 4.57 Å². The molecule has 198 valence electrons. The molecule has 0 spiro atoms. The Morgan fingerprint density at radius 2 is 1.86 bits per heavy atom. The summed E-state index contributed by atoms with van der Waals surface area (Å²) in [6, 6.07) is 14.2. The van der Waals surface area contributed by atoms with Crippen LogP contribution in [-0.2, 0) is 30.2 Å². The average Bonchev–Trinajstić information content (AvgIpc) is 3.23. The lowest BCUT2D eigenvalue weighted by Crippen LogP contribution is -2.38. The summed E-state index contributed by atoms with van der Waals surface area (Å²) >= 11 is 0. The molecule has 1 N–H and O–H groups in total. The van der Waals surface area contributed by atoms with Crippen LogP contribution >= 0.6 is 0 Å². The second-order valence-corrected chi connectivity index (χ2v) is 9.50. The number of hydrogen-bond acceptors (Lipinski definition) is 7. The zero-order valence-electron chi connectivity index (χ0n) is 21.6. The summed E-state index contributed by atoms with van der Waals surface area (Å²) in [6.07, 6.45) is 3.34. The maximum Gasteiger partial charge on any atom is 0.302 e. The highest BCUT2D eigenvalue weighted by Gasteiger charge is 2.34. The normalized spacial score (nSPS) is 19.5. The lowest BCUT2D eigenvalue weighted by molar-refractivity contribution is -0.178. The SMILES string of the molecule is CC(=O)OCC1CC(OC(C)=O)CC(n2cc(Cc3ccc(OCCCO)cc3)c3c(C)cccc32)O1. The van der Waals surface area contributed by atoms with Crippen molar-refractivity contribution in [3.8, 4) is 5.75 Å². The van der Waals surface area contributed by atoms with E-state index in [0.29, 0.717) is 25.9 Å². The average molecular weight is 510 g/mol. The van der Waals surface area contributed by atoms with Crippen LogP contribution in [0.3, 0.4) is 0 Å². The van der Waals surface area contributed by atoms with Gasteiger partial charge >= 0.3 is 11.9 Å². The molecule has 8 nitrogen and oxygen atoms in total. The maximum absolute atomic E-state index is 11.7. The van der Waals surface area contributed by atoms with E-state index in [2.05, 4.69) is 42.0 Å². The molecule has 0 aliphatic carbocycles. The van der Waals surface area contributed by atoms with Crippen LogP contribution in [0.1, 0.15) is 56.0 Å². The first-order chi connectivity index (χ1) is 17.8. The number of rotatable bonds is 10. The van der Waals surface area contributed by atoms with Crippen LogP contribution in [0.25, 0.3) is 10.9 Å². The zero-order valence-corrected chi connectivity index (χ0v) is 21.6. The van der Waals surface area contributed by atoms with Crippen molar-refractivity contribution in [3.05, 3.63) is 65.4 Å². The van der Waals surface area contributed by atoms with Crippen molar-refractivity contribution < 1.29 is 33.6 Å². The summed E-state index contributed by atoms with van der Waals surface area (Å²) in [4.78, 5) is 23.1. The van der Waals surface area contributed by atoms with Gasteiger partial charge in [-0.25, -0.2) is 0 Å². The molecule has 0 radical (unpaired) electrons. The summed E-state index contributed by atoms with van der Waals surface area (Å²) in [7, 11) is 0. The van der Waals surface area contributed by atoms with Crippen LogP contribution in [0.2, 0.25) is 0 Å². The molecule has 1 aliphatic heterocycles. The lowest BCUT2D eigenvalue weighted by atomic mass is 10.0. The number of aliphatic hydroxyl groups is 1. The summed E-state index contributed by atoms with van der Waals surface area (Å²) < 4.78 is 24.9. The van der Waals surface area contributed by atoms with Gasteiger partial charge < -0.3 is 28.6 Å². The summed E-state index contributed by atoms with van der Waals surface area (Å²) in [5.41, 5.74) is 4.52. The molecule has 1 fully saturated rings. The van der Waals surface area contributed by atoms with Gasteiger partial charge in [0.25, 0.3) is 0 Å². The molecule has 2 aromatic carbocycles. The molecular formula is C29H35NO7. The highest BCUT2D eigenvalue weighted by Crippen LogP contribution is 2.35. The minimum Gasteiger partial charge on any atom is -0.494 e. The number of fused-ring (bicyclic) bond motifs is 1. The molecule has 1 aromatic heterocycles. The molecule has 4 rings (SSSR count). The van der Waals surface area contributed by atoms with Gasteiger partial charge in [0.15, 0.2) is 0 Å². The number of ether oxygens (including phenoxy) is 4. The Morgan fingerprint density at radius 3 is 2.57 bits per heavy atom. The molecule has 1 saturated heterocycles. The van der Waals surface area contributed by atoms with Crippen molar-refractivity contribution in [2.24, 2.45) is 0 Å². The smallest absolute Gasteiger partial charge is 0.302 e. The van der Waals surface area contributed by atoms with Gasteiger partial charge in [-0.2, -0.15) is 0 Å². The number of aliphatic hydroxyl groups excluding tert-OH is 1. The van der Waals surface area contributed by atoms with Crippen molar-refractivity contribution in [1.29, 1.82) is 0 Å². The van der Waals surface area contributed by atoms with E-state index in [1.807, 2.05) is 18.2 Å². The first-order valence-electron chi connectivity index (χ1n) is 12.7. The Labute approximate surface area is 217 Å². The van der Waals surface area contributed by atoms with E-state index in [1.165, 1.54) is 24.8 Å². The van der Waals surface area contributed by atoms with Crippen LogP contribution in [0.4, 0.5) is 0 Å². The Hall–Kier alpha value is -3.36. The fourth-order valence-electron chi connectivity index (χ4n) is 4.91. The first-order valence-corrected chi connectivity index (χ1v) is 12.7. The summed E-state index contributed by atoms with van der Waals surface area (Å²) in [5, 5.41) is 10.1. The van der Waals surface area contributed by atoms with E-state index in [-0.39, 0.29) is 43.6 Å². The predicted octanol–water partition coefficient (Wildman–Crippen LogP) is 4.47. The predicted molar refractivity (Wildman–Crippen MR) is 138 cm³/mol. The van der Waals surface area contributed by atoms with Crippen LogP contribution in [0.15, 0.2) is 48.7 Å². The molecule has 0 bridgehead atoms. The second kappa shape index (κ2) is 12.3. The van der Waals surface area contributed by atoms with Crippen molar-refractivity contribution in [2.75, 3.05) is 19.8 Å². The van der Waals surface area contributed by atoms with E-state index in [4.69, 9.17) is 24.1 Å². The number of aryl methyl sites for hydroxylation is 1. The Kier molecular flexibility index (Phi) is 8.84. The fraction of sp³-hybridized carbons (Fsp3) is 0.448. The van der Waals surface area contributed by atoms with Crippen molar-refractivity contribution >= 4 is 22.8 Å². The molecule has 0 saturated carbocycles. The number of nitrogens with zero attached hydrogens (tertiary/aromatic N) is 1. The van der Waals surface area contributed by atoms with Crippen molar-refractivity contribution in [2.45, 2.75) is 64.9 Å². The highest BCUT2D eigenvalue weighted by atomic mass is 16.6. The Balaban J connectivity index is 1.61. The maximum atomic E-state index is 11.7. The third kappa shape index (κ3) is 6.90. The standard InChI is InChI=1S/C29H35NO7/c1-19-6-4-7-27-29(19)23(14-22-8-10-24(11-9-22)34-13-5-12-31)17-30(27)28-16-25(36-21(3)33)15-26(37-28)18-35-20(2)32/h4,6-11,17,25-26,28,31H,5,12-16,18H2,1-3H3. The molecule has 37 heavy (non-hydrogen) atoms. The third-order valence-electron chi connectivity index (χ3n) is 6.49. The number of aromatic nitrogens is 1. The van der Waals surface area contributed by atoms with Gasteiger partial charge in [0.1, 0.15) is 24.7 Å². The topological polar surface area (TPSA) is 96.2 Å². The van der Waals surface area contributed by atoms with Crippen LogP contribution in [-0.4, -0.2) is 53.6 Å². The number of benzene rings is 2. The largest absolute Gasteiger partial charge is 0.494 e. The van der Waals surface area contributed by atoms with E-state index in [1.54, 1.807) is 0 Å². The minimum atomic E-state index is -0.379. The number of esters is 2. The Bertz CT molecular complexity index is 1220. The molecule has 3 aromatic rings. The van der Waals surface area contributed by atoms with Gasteiger partial charge in [0, 0.05) is 51.3 Å². The summed E-state index contributed by atoms with van der Waals surface area (Å²) in [5.74, 6) is 0.0696. The quantitative estimate of drug-likeness (QED) is 0.318. The van der Waals surface area contributed by atoms with Gasteiger partial charge in [-0.05, 0) is 48.2 Å². The lowest BCUT2D eigenvalue weighted by Gasteiger charge is -2.35. The van der Waals surface area contributed by atoms with Gasteiger partial charge in [-0.1, -0.05) is 24.3 Å². The Morgan fingerprint density at radius 1 is 1.08 bits per heavy atom. The van der Waals surface area contributed by atoms with Crippen LogP contribution < -0.4 is 4.74 Å². The highest BCUT2D eigenvalue weighted by molar-refractivity contribution is 5.87. The third-order valence-corrected chi connectivity index (χ3v) is 6.49. The van der Waals surface area contributed by atoms with Gasteiger partial charge in [0.05, 0.1) is 18.2 Å². The van der Waals surface area contributed by atoms with E-state index >= 15 is 0 Å². The van der Waals surface area contributed by atoms with Gasteiger partial charge in [0.2, 0.25) is 0 Å². The molecule has 3 unspecified atom stereocenters. The van der Waals surface area contributed by atoms with Crippen molar-refractivity contribution in [3.63, 3.8) is 0 Å². The molecule has 0 amide bonds. The number of carbonyl (C=O) groups is 2. The van der Waals surface area contributed by atoms with E-state index < -0.39 is 0 Å². The minimum absolute atomic E-state index is 0.109. The number of hydrogen-bond donors (Lipinski definition) is 1. The van der Waals surface area contributed by atoms with Gasteiger partial charge in [-0.3, -0.25) is 9.59 Å². The number of carbonyl (C=O) groups excluding carboxylic acids is 2. The van der Waals surface area contributed by atoms with E-state index in [0.717, 1.165) is 28.8 Å². The second-order valence-electron chi connectivity index (χ2n) is 9.50. The molecule has 2 heterocycles.